The van der Waals surface area contributed by atoms with Crippen LogP contribution < -0.4 is 5.32 Å². The van der Waals surface area contributed by atoms with Gasteiger partial charge >= 0.3 is 0 Å². The molecule has 2 nitrogen and oxygen atoms in total. The molecule has 1 saturated heterocycles. The minimum atomic E-state index is -2.62. The number of aliphatic hydroxyl groups excluding tert-OH is 1. The van der Waals surface area contributed by atoms with Crippen molar-refractivity contribution in [2.75, 3.05) is 6.54 Å². The summed E-state index contributed by atoms with van der Waals surface area (Å²) >= 11 is 0. The molecule has 0 aromatic carbocycles. The van der Waals surface area contributed by atoms with Crippen LogP contribution in [0.15, 0.2) is 0 Å². The number of hydrogen-bond acceptors (Lipinski definition) is 2. The smallest absolute Gasteiger partial charge is 0.265 e. The van der Waals surface area contributed by atoms with Crippen LogP contribution in [0.5, 0.6) is 0 Å². The molecule has 1 aliphatic heterocycles. The quantitative estimate of drug-likeness (QED) is 0.770. The van der Waals surface area contributed by atoms with Crippen LogP contribution >= 0.6 is 17.0 Å². The Morgan fingerprint density at radius 3 is 2.42 bits per heavy atom. The van der Waals surface area contributed by atoms with Crippen molar-refractivity contribution in [2.24, 2.45) is 0 Å². The van der Waals surface area contributed by atoms with E-state index in [1.165, 1.54) is 0 Å². The maximum Gasteiger partial charge on any atom is 0.265 e. The summed E-state index contributed by atoms with van der Waals surface area (Å²) in [4.78, 5) is 0. The van der Waals surface area contributed by atoms with Gasteiger partial charge in [-0.1, -0.05) is 6.42 Å². The van der Waals surface area contributed by atoms with E-state index in [0.29, 0.717) is 6.42 Å². The van der Waals surface area contributed by atoms with Gasteiger partial charge in [0.25, 0.3) is 6.43 Å². The first kappa shape index (κ1) is 12.3. The Morgan fingerprint density at radius 2 is 2.00 bits per heavy atom. The zero-order valence-corrected chi connectivity index (χ0v) is 8.38. The van der Waals surface area contributed by atoms with E-state index < -0.39 is 18.6 Å². The van der Waals surface area contributed by atoms with E-state index >= 15 is 0 Å². The molecule has 2 atom stereocenters. The first-order chi connectivity index (χ1) is 5.22. The zero-order chi connectivity index (χ0) is 8.27. The number of rotatable bonds is 2. The molecule has 0 aliphatic carbocycles. The molecule has 0 aromatic rings. The molecule has 0 spiro atoms. The fraction of sp³-hybridized carbons (Fsp3) is 1.00. The van der Waals surface area contributed by atoms with Crippen molar-refractivity contribution < 1.29 is 13.9 Å². The fourth-order valence-electron chi connectivity index (χ4n) is 1.35. The molecule has 5 heteroatoms. The van der Waals surface area contributed by atoms with Crippen molar-refractivity contribution >= 4 is 17.0 Å². The van der Waals surface area contributed by atoms with Crippen LogP contribution in [0.1, 0.15) is 19.3 Å². The molecule has 1 aliphatic rings. The Hall–Kier alpha value is 0.260. The van der Waals surface area contributed by atoms with Gasteiger partial charge in [0, 0.05) is 6.04 Å². The lowest BCUT2D eigenvalue weighted by atomic mass is 10.0. The highest BCUT2D eigenvalue weighted by atomic mass is 79.9. The maximum atomic E-state index is 11.9. The van der Waals surface area contributed by atoms with Gasteiger partial charge in [0.05, 0.1) is 0 Å². The molecule has 0 aromatic heterocycles. The van der Waals surface area contributed by atoms with Gasteiger partial charge in [-0.25, -0.2) is 8.78 Å². The number of aliphatic hydroxyl groups is 1. The van der Waals surface area contributed by atoms with Crippen molar-refractivity contribution in [2.45, 2.75) is 37.8 Å². The first-order valence-electron chi connectivity index (χ1n) is 3.91. The summed E-state index contributed by atoms with van der Waals surface area (Å²) in [5.41, 5.74) is 0. The average Bonchev–Trinajstić information content (AvgIpc) is 2.05. The Balaban J connectivity index is 0.00000121. The predicted molar refractivity (Wildman–Crippen MR) is 48.0 cm³/mol. The molecule has 12 heavy (non-hydrogen) atoms. The lowest BCUT2D eigenvalue weighted by Crippen LogP contribution is -2.46. The molecular formula is C7H14BrF2NO. The molecule has 2 unspecified atom stereocenters. The molecule has 0 bridgehead atoms. The monoisotopic (exact) mass is 245 g/mol. The first-order valence-corrected chi connectivity index (χ1v) is 3.91. The van der Waals surface area contributed by atoms with E-state index in [2.05, 4.69) is 5.32 Å². The zero-order valence-electron chi connectivity index (χ0n) is 6.67. The number of nitrogens with one attached hydrogen (secondary N) is 1. The van der Waals surface area contributed by atoms with E-state index in [1.54, 1.807) is 0 Å². The van der Waals surface area contributed by atoms with Crippen molar-refractivity contribution in [3.8, 4) is 0 Å². The van der Waals surface area contributed by atoms with Crippen LogP contribution in [-0.4, -0.2) is 30.2 Å². The van der Waals surface area contributed by atoms with Gasteiger partial charge in [-0.3, -0.25) is 0 Å². The van der Waals surface area contributed by atoms with Crippen LogP contribution in [0.25, 0.3) is 0 Å². The van der Waals surface area contributed by atoms with Gasteiger partial charge in [0.1, 0.15) is 6.10 Å². The Bertz CT molecular complexity index is 120. The number of piperidine rings is 1. The summed E-state index contributed by atoms with van der Waals surface area (Å²) in [7, 11) is 0. The molecule has 1 fully saturated rings. The van der Waals surface area contributed by atoms with E-state index in [1.807, 2.05) is 0 Å². The van der Waals surface area contributed by atoms with Crippen LogP contribution in [0.3, 0.4) is 0 Å². The molecular weight excluding hydrogens is 232 g/mol. The Labute approximate surface area is 81.1 Å². The molecule has 0 amide bonds. The SMILES string of the molecule is Br.OC(C(F)F)C1CCCCN1. The van der Waals surface area contributed by atoms with Crippen LogP contribution in [0, 0.1) is 0 Å². The normalized spacial score (nSPS) is 26.5. The second-order valence-electron chi connectivity index (χ2n) is 2.88. The summed E-state index contributed by atoms with van der Waals surface area (Å²) in [6.45, 7) is 0.744. The van der Waals surface area contributed by atoms with Crippen molar-refractivity contribution in [3.63, 3.8) is 0 Å². The van der Waals surface area contributed by atoms with Crippen LogP contribution in [0.4, 0.5) is 8.78 Å². The summed E-state index contributed by atoms with van der Waals surface area (Å²) in [6, 6.07) is -0.399. The van der Waals surface area contributed by atoms with E-state index in [9.17, 15) is 8.78 Å². The highest BCUT2D eigenvalue weighted by molar-refractivity contribution is 8.93. The third-order valence-electron chi connectivity index (χ3n) is 2.02. The average molecular weight is 246 g/mol. The second-order valence-corrected chi connectivity index (χ2v) is 2.88. The predicted octanol–water partition coefficient (Wildman–Crippen LogP) is 1.33. The van der Waals surface area contributed by atoms with E-state index in [0.717, 1.165) is 19.4 Å². The van der Waals surface area contributed by atoms with Crippen molar-refractivity contribution in [1.82, 2.24) is 5.32 Å². The van der Waals surface area contributed by atoms with Gasteiger partial charge in [0.2, 0.25) is 0 Å². The summed E-state index contributed by atoms with van der Waals surface area (Å²) < 4.78 is 23.8. The summed E-state index contributed by atoms with van der Waals surface area (Å²) in [5.74, 6) is 0. The van der Waals surface area contributed by atoms with Crippen LogP contribution in [0.2, 0.25) is 0 Å². The summed E-state index contributed by atoms with van der Waals surface area (Å²) in [6.07, 6.45) is -1.50. The topological polar surface area (TPSA) is 32.3 Å². The highest BCUT2D eigenvalue weighted by Crippen LogP contribution is 2.14. The number of hydrogen-bond donors (Lipinski definition) is 2. The third-order valence-corrected chi connectivity index (χ3v) is 2.02. The van der Waals surface area contributed by atoms with Gasteiger partial charge in [-0.05, 0) is 19.4 Å². The van der Waals surface area contributed by atoms with Gasteiger partial charge in [-0.2, -0.15) is 0 Å². The molecule has 1 heterocycles. The molecule has 74 valence electrons. The van der Waals surface area contributed by atoms with Gasteiger partial charge in [0.15, 0.2) is 0 Å². The lowest BCUT2D eigenvalue weighted by molar-refractivity contribution is -0.0306. The molecule has 1 rings (SSSR count). The summed E-state index contributed by atoms with van der Waals surface area (Å²) in [5, 5.41) is 11.8. The largest absolute Gasteiger partial charge is 0.386 e. The number of halogens is 3. The Morgan fingerprint density at radius 1 is 1.33 bits per heavy atom. The molecule has 2 N–H and O–H groups in total. The third kappa shape index (κ3) is 3.33. The van der Waals surface area contributed by atoms with Gasteiger partial charge < -0.3 is 10.4 Å². The minimum Gasteiger partial charge on any atom is -0.386 e. The van der Waals surface area contributed by atoms with Crippen molar-refractivity contribution in [1.29, 1.82) is 0 Å². The maximum absolute atomic E-state index is 11.9. The van der Waals surface area contributed by atoms with E-state index in [-0.39, 0.29) is 17.0 Å². The lowest BCUT2D eigenvalue weighted by Gasteiger charge is -2.27. The minimum absolute atomic E-state index is 0. The van der Waals surface area contributed by atoms with Crippen molar-refractivity contribution in [3.05, 3.63) is 0 Å². The highest BCUT2D eigenvalue weighted by Gasteiger charge is 2.28. The number of alkyl halides is 2. The Kier molecular flexibility index (Phi) is 5.96. The molecule has 0 radical (unpaired) electrons. The van der Waals surface area contributed by atoms with Crippen LogP contribution in [-0.2, 0) is 0 Å². The van der Waals surface area contributed by atoms with E-state index in [4.69, 9.17) is 5.11 Å². The molecule has 0 saturated carbocycles. The van der Waals surface area contributed by atoms with Gasteiger partial charge in [-0.15, -0.1) is 17.0 Å². The fourth-order valence-corrected chi connectivity index (χ4v) is 1.35. The standard InChI is InChI=1S/C7H13F2NO.BrH/c8-7(9)6(11)5-3-1-2-4-10-5;/h5-7,10-11H,1-4H2;1H. The second kappa shape index (κ2) is 5.83.